The van der Waals surface area contributed by atoms with Gasteiger partial charge in [0, 0.05) is 5.70 Å². The first kappa shape index (κ1) is 8.89. The first-order valence-corrected chi connectivity index (χ1v) is 3.55. The fourth-order valence-electron chi connectivity index (χ4n) is 1.12. The van der Waals surface area contributed by atoms with Gasteiger partial charge in [0.1, 0.15) is 5.70 Å². The van der Waals surface area contributed by atoms with Gasteiger partial charge in [0.2, 0.25) is 0 Å². The van der Waals surface area contributed by atoms with Crippen molar-refractivity contribution in [2.45, 2.75) is 18.5 Å². The van der Waals surface area contributed by atoms with Crippen molar-refractivity contribution in [1.29, 1.82) is 0 Å². The van der Waals surface area contributed by atoms with Gasteiger partial charge in [-0.15, -0.1) is 4.91 Å². The fraction of sp³-hybridized carbons (Fsp3) is 0.429. The van der Waals surface area contributed by atoms with Gasteiger partial charge < -0.3 is 17.2 Å². The van der Waals surface area contributed by atoms with Crippen molar-refractivity contribution in [3.8, 4) is 0 Å². The summed E-state index contributed by atoms with van der Waals surface area (Å²) in [7, 11) is 0. The maximum Gasteiger partial charge on any atom is 0.107 e. The molecule has 2 unspecified atom stereocenters. The molecule has 0 radical (unpaired) electrons. The van der Waals surface area contributed by atoms with Crippen molar-refractivity contribution in [2.75, 3.05) is 0 Å². The number of nitrogens with two attached hydrogens (primary N) is 3. The van der Waals surface area contributed by atoms with Crippen molar-refractivity contribution in [3.63, 3.8) is 0 Å². The summed E-state index contributed by atoms with van der Waals surface area (Å²) in [4.78, 5) is 10.2. The Kier molecular flexibility index (Phi) is 1.99. The standard InChI is InChI=1S/C7H12N4O/c1-7(10)3-4(11-12)2-5(8)6(7)9/h2-3,6H,8-10H2,1H3. The molecule has 1 aliphatic carbocycles. The lowest BCUT2D eigenvalue weighted by atomic mass is 9.87. The van der Waals surface area contributed by atoms with Gasteiger partial charge in [0.15, 0.2) is 0 Å². The van der Waals surface area contributed by atoms with Crippen molar-refractivity contribution in [3.05, 3.63) is 28.5 Å². The minimum atomic E-state index is -0.790. The third kappa shape index (κ3) is 1.37. The molecule has 12 heavy (non-hydrogen) atoms. The van der Waals surface area contributed by atoms with Gasteiger partial charge in [-0.3, -0.25) is 0 Å². The van der Waals surface area contributed by atoms with E-state index in [1.807, 2.05) is 0 Å². The molecule has 0 aliphatic heterocycles. The highest BCUT2D eigenvalue weighted by molar-refractivity contribution is 5.36. The largest absolute Gasteiger partial charge is 0.401 e. The maximum absolute atomic E-state index is 10.2. The molecule has 0 bridgehead atoms. The highest BCUT2D eigenvalue weighted by Crippen LogP contribution is 2.20. The topological polar surface area (TPSA) is 107 Å². The molecule has 1 rings (SSSR count). The summed E-state index contributed by atoms with van der Waals surface area (Å²) in [5.74, 6) is 0. The van der Waals surface area contributed by atoms with E-state index in [4.69, 9.17) is 17.2 Å². The van der Waals surface area contributed by atoms with Crippen LogP contribution in [0.15, 0.2) is 28.7 Å². The van der Waals surface area contributed by atoms with Crippen molar-refractivity contribution < 1.29 is 0 Å². The van der Waals surface area contributed by atoms with Crippen molar-refractivity contribution >= 4 is 0 Å². The van der Waals surface area contributed by atoms with E-state index in [0.29, 0.717) is 5.70 Å². The van der Waals surface area contributed by atoms with Gasteiger partial charge in [-0.25, -0.2) is 0 Å². The normalized spacial score (nSPS) is 35.4. The van der Waals surface area contributed by atoms with Crippen LogP contribution in [0.5, 0.6) is 0 Å². The summed E-state index contributed by atoms with van der Waals surface area (Å²) in [5.41, 5.74) is 16.8. The van der Waals surface area contributed by atoms with Crippen LogP contribution in [-0.2, 0) is 0 Å². The molecule has 2 atom stereocenters. The number of hydrogen-bond acceptors (Lipinski definition) is 5. The zero-order chi connectivity index (χ0) is 9.35. The van der Waals surface area contributed by atoms with Crippen LogP contribution in [0, 0.1) is 4.91 Å². The predicted octanol–water partition coefficient (Wildman–Crippen LogP) is -0.462. The van der Waals surface area contributed by atoms with E-state index in [2.05, 4.69) is 5.18 Å². The lowest BCUT2D eigenvalue weighted by Gasteiger charge is -2.31. The molecular weight excluding hydrogens is 156 g/mol. The van der Waals surface area contributed by atoms with Gasteiger partial charge in [0.25, 0.3) is 0 Å². The van der Waals surface area contributed by atoms with Crippen LogP contribution >= 0.6 is 0 Å². The van der Waals surface area contributed by atoms with Crippen LogP contribution < -0.4 is 17.2 Å². The average Bonchev–Trinajstić information content (AvgIpc) is 1.99. The summed E-state index contributed by atoms with van der Waals surface area (Å²) in [6.07, 6.45) is 2.95. The molecular formula is C7H12N4O. The summed E-state index contributed by atoms with van der Waals surface area (Å²) >= 11 is 0. The van der Waals surface area contributed by atoms with Crippen LogP contribution in [0.1, 0.15) is 6.92 Å². The Morgan fingerprint density at radius 1 is 1.67 bits per heavy atom. The average molecular weight is 168 g/mol. The molecule has 0 amide bonds. The Morgan fingerprint density at radius 2 is 2.25 bits per heavy atom. The van der Waals surface area contributed by atoms with Gasteiger partial charge in [-0.05, 0) is 24.3 Å². The number of allylic oxidation sites excluding steroid dienone is 1. The van der Waals surface area contributed by atoms with Gasteiger partial charge >= 0.3 is 0 Å². The van der Waals surface area contributed by atoms with Gasteiger partial charge in [-0.1, -0.05) is 0 Å². The summed E-state index contributed by atoms with van der Waals surface area (Å²) in [6.45, 7) is 1.70. The third-order valence-corrected chi connectivity index (χ3v) is 1.91. The molecule has 6 N–H and O–H groups in total. The van der Waals surface area contributed by atoms with E-state index in [1.54, 1.807) is 6.92 Å². The molecule has 5 heteroatoms. The minimum absolute atomic E-state index is 0.235. The van der Waals surface area contributed by atoms with Crippen LogP contribution in [0.2, 0.25) is 0 Å². The molecule has 66 valence electrons. The van der Waals surface area contributed by atoms with E-state index >= 15 is 0 Å². The van der Waals surface area contributed by atoms with Crippen LogP contribution in [0.4, 0.5) is 0 Å². The molecule has 0 aromatic rings. The molecule has 0 aromatic carbocycles. The van der Waals surface area contributed by atoms with Crippen LogP contribution in [0.3, 0.4) is 0 Å². The van der Waals surface area contributed by atoms with E-state index < -0.39 is 11.6 Å². The first-order valence-electron chi connectivity index (χ1n) is 3.55. The summed E-state index contributed by atoms with van der Waals surface area (Å²) < 4.78 is 0. The second-order valence-corrected chi connectivity index (χ2v) is 3.15. The number of nitroso groups, excluding NO2 is 1. The summed E-state index contributed by atoms with van der Waals surface area (Å²) in [6, 6.07) is -0.456. The lowest BCUT2D eigenvalue weighted by Crippen LogP contribution is -2.55. The molecule has 0 fully saturated rings. The second-order valence-electron chi connectivity index (χ2n) is 3.15. The first-order chi connectivity index (χ1) is 5.47. The van der Waals surface area contributed by atoms with Crippen molar-refractivity contribution in [2.24, 2.45) is 22.4 Å². The SMILES string of the molecule is CC1(N)C=C(N=O)C=C(N)C1N. The Hall–Kier alpha value is -1.20. The van der Waals surface area contributed by atoms with Gasteiger partial charge in [0.05, 0.1) is 11.6 Å². The van der Waals surface area contributed by atoms with Gasteiger partial charge in [-0.2, -0.15) is 0 Å². The Balaban J connectivity index is 3.06. The highest BCUT2D eigenvalue weighted by Gasteiger charge is 2.30. The molecule has 1 aliphatic rings. The quantitative estimate of drug-likeness (QED) is 0.460. The number of hydrogen-bond donors (Lipinski definition) is 3. The monoisotopic (exact) mass is 168 g/mol. The molecule has 0 saturated carbocycles. The fourth-order valence-corrected chi connectivity index (χ4v) is 1.12. The Labute approximate surface area is 70.3 Å². The number of nitrogens with zero attached hydrogens (tertiary/aromatic N) is 1. The smallest absolute Gasteiger partial charge is 0.107 e. The minimum Gasteiger partial charge on any atom is -0.401 e. The van der Waals surface area contributed by atoms with E-state index in [0.717, 1.165) is 0 Å². The molecule has 5 nitrogen and oxygen atoms in total. The Morgan fingerprint density at radius 3 is 2.67 bits per heavy atom. The third-order valence-electron chi connectivity index (χ3n) is 1.91. The molecule has 0 saturated heterocycles. The predicted molar refractivity (Wildman–Crippen MR) is 46.7 cm³/mol. The zero-order valence-corrected chi connectivity index (χ0v) is 6.82. The molecule has 0 aromatic heterocycles. The molecule has 0 spiro atoms. The lowest BCUT2D eigenvalue weighted by molar-refractivity contribution is 0.488. The number of rotatable bonds is 1. The summed E-state index contributed by atoms with van der Waals surface area (Å²) in [5, 5.41) is 2.75. The second kappa shape index (κ2) is 2.69. The Bertz CT molecular complexity index is 267. The maximum atomic E-state index is 10.2. The van der Waals surface area contributed by atoms with E-state index in [9.17, 15) is 4.91 Å². The van der Waals surface area contributed by atoms with E-state index in [1.165, 1.54) is 12.2 Å². The van der Waals surface area contributed by atoms with Crippen molar-refractivity contribution in [1.82, 2.24) is 0 Å². The van der Waals surface area contributed by atoms with Crippen LogP contribution in [0.25, 0.3) is 0 Å². The zero-order valence-electron chi connectivity index (χ0n) is 6.82. The van der Waals surface area contributed by atoms with E-state index in [-0.39, 0.29) is 5.70 Å². The highest BCUT2D eigenvalue weighted by atomic mass is 16.3. The molecule has 0 heterocycles. The van der Waals surface area contributed by atoms with Crippen LogP contribution in [-0.4, -0.2) is 11.6 Å².